The van der Waals surface area contributed by atoms with Crippen LogP contribution in [0.1, 0.15) is 37.0 Å². The number of pyridine rings is 1. The standard InChI is InChI=1S/C13H18N2O/c1-10-5-6-15(11(2)7-10)13-4-3-12(9-16)8-14-13/h3-4,8-11H,5-7H2,1-2H3. The van der Waals surface area contributed by atoms with Crippen molar-refractivity contribution in [1.29, 1.82) is 0 Å². The van der Waals surface area contributed by atoms with Gasteiger partial charge in [-0.05, 0) is 37.8 Å². The van der Waals surface area contributed by atoms with Crippen molar-refractivity contribution in [3.63, 3.8) is 0 Å². The molecule has 0 N–H and O–H groups in total. The fourth-order valence-corrected chi connectivity index (χ4v) is 2.38. The van der Waals surface area contributed by atoms with Crippen LogP contribution in [0.5, 0.6) is 0 Å². The van der Waals surface area contributed by atoms with Crippen LogP contribution in [0.15, 0.2) is 18.3 Å². The van der Waals surface area contributed by atoms with Crippen LogP contribution in [0.3, 0.4) is 0 Å². The Hall–Kier alpha value is -1.38. The first-order chi connectivity index (χ1) is 7.70. The van der Waals surface area contributed by atoms with Crippen LogP contribution in [-0.4, -0.2) is 23.9 Å². The number of anilines is 1. The van der Waals surface area contributed by atoms with Crippen molar-refractivity contribution in [2.45, 2.75) is 32.7 Å². The number of aldehydes is 1. The fraction of sp³-hybridized carbons (Fsp3) is 0.538. The first-order valence-electron chi connectivity index (χ1n) is 5.88. The molecule has 0 aromatic carbocycles. The van der Waals surface area contributed by atoms with E-state index in [0.717, 1.165) is 24.6 Å². The molecular weight excluding hydrogens is 200 g/mol. The van der Waals surface area contributed by atoms with Gasteiger partial charge in [-0.1, -0.05) is 6.92 Å². The van der Waals surface area contributed by atoms with Crippen LogP contribution in [0.25, 0.3) is 0 Å². The van der Waals surface area contributed by atoms with Crippen LogP contribution >= 0.6 is 0 Å². The minimum atomic E-state index is 0.540. The number of hydrogen-bond acceptors (Lipinski definition) is 3. The Morgan fingerprint density at radius 2 is 2.25 bits per heavy atom. The summed E-state index contributed by atoms with van der Waals surface area (Å²) in [5, 5.41) is 0. The quantitative estimate of drug-likeness (QED) is 0.715. The van der Waals surface area contributed by atoms with Gasteiger partial charge in [-0.3, -0.25) is 4.79 Å². The predicted molar refractivity (Wildman–Crippen MR) is 64.8 cm³/mol. The molecule has 0 radical (unpaired) electrons. The van der Waals surface area contributed by atoms with Crippen LogP contribution < -0.4 is 4.90 Å². The van der Waals surface area contributed by atoms with Gasteiger partial charge in [0.15, 0.2) is 6.29 Å². The molecule has 2 unspecified atom stereocenters. The molecule has 0 aliphatic carbocycles. The maximum absolute atomic E-state index is 10.5. The third kappa shape index (κ3) is 2.23. The SMILES string of the molecule is CC1CCN(c2ccc(C=O)cn2)C(C)C1. The third-order valence-corrected chi connectivity index (χ3v) is 3.34. The summed E-state index contributed by atoms with van der Waals surface area (Å²) in [6.07, 6.45) is 4.92. The molecule has 1 aliphatic rings. The van der Waals surface area contributed by atoms with E-state index in [4.69, 9.17) is 0 Å². The molecule has 0 amide bonds. The molecule has 0 saturated carbocycles. The molecule has 1 fully saturated rings. The molecule has 3 nitrogen and oxygen atoms in total. The second kappa shape index (κ2) is 4.64. The minimum absolute atomic E-state index is 0.540. The molecule has 2 atom stereocenters. The molecule has 2 heterocycles. The van der Waals surface area contributed by atoms with Gasteiger partial charge in [0.2, 0.25) is 0 Å². The van der Waals surface area contributed by atoms with Crippen LogP contribution in [0, 0.1) is 5.92 Å². The number of rotatable bonds is 2. The van der Waals surface area contributed by atoms with Gasteiger partial charge in [0, 0.05) is 24.3 Å². The van der Waals surface area contributed by atoms with E-state index in [1.165, 1.54) is 12.8 Å². The van der Waals surface area contributed by atoms with Crippen molar-refractivity contribution in [3.05, 3.63) is 23.9 Å². The molecule has 3 heteroatoms. The second-order valence-electron chi connectivity index (χ2n) is 4.74. The average molecular weight is 218 g/mol. The van der Waals surface area contributed by atoms with Crippen molar-refractivity contribution < 1.29 is 4.79 Å². The number of aromatic nitrogens is 1. The minimum Gasteiger partial charge on any atom is -0.354 e. The zero-order valence-corrected chi connectivity index (χ0v) is 9.89. The Labute approximate surface area is 96.5 Å². The van der Waals surface area contributed by atoms with Gasteiger partial charge in [-0.2, -0.15) is 0 Å². The van der Waals surface area contributed by atoms with E-state index < -0.39 is 0 Å². The van der Waals surface area contributed by atoms with E-state index in [-0.39, 0.29) is 0 Å². The summed E-state index contributed by atoms with van der Waals surface area (Å²) in [4.78, 5) is 17.2. The largest absolute Gasteiger partial charge is 0.354 e. The number of carbonyl (C=O) groups excluding carboxylic acids is 1. The van der Waals surface area contributed by atoms with E-state index in [0.29, 0.717) is 11.6 Å². The second-order valence-corrected chi connectivity index (χ2v) is 4.74. The van der Waals surface area contributed by atoms with Crippen molar-refractivity contribution in [3.8, 4) is 0 Å². The van der Waals surface area contributed by atoms with E-state index in [9.17, 15) is 4.79 Å². The topological polar surface area (TPSA) is 33.2 Å². The number of carbonyl (C=O) groups is 1. The highest BCUT2D eigenvalue weighted by molar-refractivity contribution is 5.74. The Bertz CT molecular complexity index is 361. The van der Waals surface area contributed by atoms with E-state index in [1.807, 2.05) is 12.1 Å². The number of nitrogens with zero attached hydrogens (tertiary/aromatic N) is 2. The first kappa shape index (κ1) is 11.1. The zero-order chi connectivity index (χ0) is 11.5. The summed E-state index contributed by atoms with van der Waals surface area (Å²) in [5.41, 5.74) is 0.641. The molecule has 1 aromatic rings. The zero-order valence-electron chi connectivity index (χ0n) is 9.89. The Morgan fingerprint density at radius 3 is 2.81 bits per heavy atom. The van der Waals surface area contributed by atoms with Gasteiger partial charge in [0.1, 0.15) is 5.82 Å². The summed E-state index contributed by atoms with van der Waals surface area (Å²) in [6.45, 7) is 5.61. The summed E-state index contributed by atoms with van der Waals surface area (Å²) in [5.74, 6) is 1.80. The van der Waals surface area contributed by atoms with Crippen molar-refractivity contribution in [2.75, 3.05) is 11.4 Å². The maximum atomic E-state index is 10.5. The van der Waals surface area contributed by atoms with Gasteiger partial charge in [0.05, 0.1) is 0 Å². The lowest BCUT2D eigenvalue weighted by molar-refractivity contribution is 0.112. The summed E-state index contributed by atoms with van der Waals surface area (Å²) in [6, 6.07) is 4.31. The third-order valence-electron chi connectivity index (χ3n) is 3.34. The van der Waals surface area contributed by atoms with Gasteiger partial charge in [-0.25, -0.2) is 4.98 Å². The molecule has 1 saturated heterocycles. The number of hydrogen-bond donors (Lipinski definition) is 0. The molecular formula is C13H18N2O. The highest BCUT2D eigenvalue weighted by Gasteiger charge is 2.23. The van der Waals surface area contributed by atoms with Gasteiger partial charge in [0.25, 0.3) is 0 Å². The lowest BCUT2D eigenvalue weighted by atomic mass is 9.93. The summed E-state index contributed by atoms with van der Waals surface area (Å²) < 4.78 is 0. The highest BCUT2D eigenvalue weighted by Crippen LogP contribution is 2.26. The van der Waals surface area contributed by atoms with Crippen LogP contribution in [-0.2, 0) is 0 Å². The van der Waals surface area contributed by atoms with Gasteiger partial charge >= 0.3 is 0 Å². The highest BCUT2D eigenvalue weighted by atomic mass is 16.1. The molecule has 2 rings (SSSR count). The molecule has 86 valence electrons. The first-order valence-corrected chi connectivity index (χ1v) is 5.88. The van der Waals surface area contributed by atoms with Crippen LogP contribution in [0.2, 0.25) is 0 Å². The van der Waals surface area contributed by atoms with E-state index in [2.05, 4.69) is 23.7 Å². The molecule has 1 aromatic heterocycles. The van der Waals surface area contributed by atoms with E-state index >= 15 is 0 Å². The number of piperidine rings is 1. The molecule has 0 bridgehead atoms. The Morgan fingerprint density at radius 1 is 1.44 bits per heavy atom. The Kier molecular flexibility index (Phi) is 3.22. The summed E-state index contributed by atoms with van der Waals surface area (Å²) >= 11 is 0. The van der Waals surface area contributed by atoms with E-state index in [1.54, 1.807) is 6.20 Å². The maximum Gasteiger partial charge on any atom is 0.151 e. The summed E-state index contributed by atoms with van der Waals surface area (Å²) in [7, 11) is 0. The van der Waals surface area contributed by atoms with Crippen molar-refractivity contribution in [1.82, 2.24) is 4.98 Å². The fourth-order valence-electron chi connectivity index (χ4n) is 2.38. The lowest BCUT2D eigenvalue weighted by Crippen LogP contribution is -2.40. The normalized spacial score (nSPS) is 25.5. The van der Waals surface area contributed by atoms with Gasteiger partial charge < -0.3 is 4.90 Å². The van der Waals surface area contributed by atoms with Crippen molar-refractivity contribution >= 4 is 12.1 Å². The van der Waals surface area contributed by atoms with Gasteiger partial charge in [-0.15, -0.1) is 0 Å². The van der Waals surface area contributed by atoms with Crippen molar-refractivity contribution in [2.24, 2.45) is 5.92 Å². The molecule has 1 aliphatic heterocycles. The molecule has 0 spiro atoms. The monoisotopic (exact) mass is 218 g/mol. The average Bonchev–Trinajstić information content (AvgIpc) is 2.29. The predicted octanol–water partition coefficient (Wildman–Crippen LogP) is 2.52. The smallest absolute Gasteiger partial charge is 0.151 e. The lowest BCUT2D eigenvalue weighted by Gasteiger charge is -2.37. The molecule has 16 heavy (non-hydrogen) atoms. The van der Waals surface area contributed by atoms with Crippen LogP contribution in [0.4, 0.5) is 5.82 Å². The Balaban J connectivity index is 2.14.